The average molecular weight is 261 g/mol. The van der Waals surface area contributed by atoms with E-state index in [9.17, 15) is 9.90 Å². The van der Waals surface area contributed by atoms with Gasteiger partial charge >= 0.3 is 5.97 Å². The molecule has 0 amide bonds. The SMILES string of the molecule is Bc1ccc(-c2ccc3c(C(=O)O)cccc3n2)cc1. The van der Waals surface area contributed by atoms with Crippen molar-refractivity contribution in [1.29, 1.82) is 0 Å². The number of carboxylic acids is 1. The third-order valence-electron chi connectivity index (χ3n) is 3.31. The second kappa shape index (κ2) is 4.81. The van der Waals surface area contributed by atoms with Crippen LogP contribution < -0.4 is 5.46 Å². The third kappa shape index (κ3) is 2.16. The molecular formula is C16H12BNO2. The number of aromatic carboxylic acids is 1. The minimum atomic E-state index is -0.930. The minimum absolute atomic E-state index is 0.283. The van der Waals surface area contributed by atoms with Crippen LogP contribution in [0.25, 0.3) is 22.2 Å². The van der Waals surface area contributed by atoms with E-state index in [0.29, 0.717) is 10.9 Å². The van der Waals surface area contributed by atoms with Crippen LogP contribution in [0.2, 0.25) is 0 Å². The van der Waals surface area contributed by atoms with Crippen LogP contribution in [0, 0.1) is 0 Å². The van der Waals surface area contributed by atoms with Crippen LogP contribution in [0.4, 0.5) is 0 Å². The van der Waals surface area contributed by atoms with Gasteiger partial charge in [0, 0.05) is 10.9 Å². The summed E-state index contributed by atoms with van der Waals surface area (Å²) in [7, 11) is 2.04. The second-order valence-corrected chi connectivity index (χ2v) is 4.74. The molecule has 4 heteroatoms. The van der Waals surface area contributed by atoms with Crippen molar-refractivity contribution < 1.29 is 9.90 Å². The number of hydrogen-bond donors (Lipinski definition) is 1. The number of nitrogens with zero attached hydrogens (tertiary/aromatic N) is 1. The number of rotatable bonds is 2. The summed E-state index contributed by atoms with van der Waals surface area (Å²) in [5.74, 6) is -0.930. The zero-order valence-corrected chi connectivity index (χ0v) is 11.0. The highest BCUT2D eigenvalue weighted by molar-refractivity contribution is 6.32. The molecule has 0 spiro atoms. The Bertz CT molecular complexity index is 797. The van der Waals surface area contributed by atoms with Crippen molar-refractivity contribution in [3.8, 4) is 11.3 Å². The molecule has 1 N–H and O–H groups in total. The monoisotopic (exact) mass is 261 g/mol. The normalized spacial score (nSPS) is 10.6. The van der Waals surface area contributed by atoms with Gasteiger partial charge < -0.3 is 5.11 Å². The third-order valence-corrected chi connectivity index (χ3v) is 3.31. The van der Waals surface area contributed by atoms with E-state index in [1.54, 1.807) is 12.1 Å². The first-order valence-corrected chi connectivity index (χ1v) is 6.35. The van der Waals surface area contributed by atoms with Crippen LogP contribution in [-0.4, -0.2) is 23.9 Å². The predicted octanol–water partition coefficient (Wildman–Crippen LogP) is 1.86. The summed E-state index contributed by atoms with van der Waals surface area (Å²) < 4.78 is 0. The van der Waals surface area contributed by atoms with Crippen molar-refractivity contribution in [3.05, 3.63) is 60.2 Å². The van der Waals surface area contributed by atoms with E-state index >= 15 is 0 Å². The Morgan fingerprint density at radius 1 is 1.00 bits per heavy atom. The zero-order chi connectivity index (χ0) is 14.1. The summed E-state index contributed by atoms with van der Waals surface area (Å²) in [4.78, 5) is 15.7. The van der Waals surface area contributed by atoms with E-state index < -0.39 is 5.97 Å². The van der Waals surface area contributed by atoms with Gasteiger partial charge in [-0.25, -0.2) is 9.78 Å². The zero-order valence-electron chi connectivity index (χ0n) is 11.0. The van der Waals surface area contributed by atoms with E-state index in [2.05, 4.69) is 4.98 Å². The lowest BCUT2D eigenvalue weighted by Crippen LogP contribution is -2.00. The summed E-state index contributed by atoms with van der Waals surface area (Å²) in [5.41, 5.74) is 4.05. The number of hydrogen-bond acceptors (Lipinski definition) is 2. The molecule has 0 aliphatic rings. The minimum Gasteiger partial charge on any atom is -0.478 e. The van der Waals surface area contributed by atoms with E-state index in [4.69, 9.17) is 0 Å². The van der Waals surface area contributed by atoms with Gasteiger partial charge in [-0.15, -0.1) is 0 Å². The quantitative estimate of drug-likeness (QED) is 0.716. The number of pyridine rings is 1. The molecule has 96 valence electrons. The molecule has 0 unspecified atom stereocenters. The Kier molecular flexibility index (Phi) is 2.99. The maximum Gasteiger partial charge on any atom is 0.336 e. The van der Waals surface area contributed by atoms with Gasteiger partial charge in [0.25, 0.3) is 0 Å². The molecule has 0 bridgehead atoms. The first-order valence-electron chi connectivity index (χ1n) is 6.35. The molecule has 3 rings (SSSR count). The van der Waals surface area contributed by atoms with Crippen molar-refractivity contribution in [1.82, 2.24) is 4.98 Å². The van der Waals surface area contributed by atoms with Gasteiger partial charge in [-0.05, 0) is 24.3 Å². The molecular weight excluding hydrogens is 249 g/mol. The smallest absolute Gasteiger partial charge is 0.336 e. The molecule has 0 radical (unpaired) electrons. The Labute approximate surface area is 117 Å². The van der Waals surface area contributed by atoms with Crippen LogP contribution >= 0.6 is 0 Å². The van der Waals surface area contributed by atoms with Crippen LogP contribution in [0.5, 0.6) is 0 Å². The average Bonchev–Trinajstić information content (AvgIpc) is 2.46. The second-order valence-electron chi connectivity index (χ2n) is 4.74. The Morgan fingerprint density at radius 3 is 2.45 bits per heavy atom. The molecule has 2 aromatic carbocycles. The maximum absolute atomic E-state index is 11.2. The summed E-state index contributed by atoms with van der Waals surface area (Å²) in [6, 6.07) is 16.9. The number of aromatic nitrogens is 1. The lowest BCUT2D eigenvalue weighted by molar-refractivity contribution is 0.0699. The van der Waals surface area contributed by atoms with E-state index in [1.807, 2.05) is 50.3 Å². The number of benzene rings is 2. The summed E-state index contributed by atoms with van der Waals surface area (Å²) in [5, 5.41) is 9.83. The highest BCUT2D eigenvalue weighted by Crippen LogP contribution is 2.22. The molecule has 1 heterocycles. The van der Waals surface area contributed by atoms with Gasteiger partial charge in [0.05, 0.1) is 16.8 Å². The van der Waals surface area contributed by atoms with Crippen LogP contribution in [0.3, 0.4) is 0 Å². The first kappa shape index (κ1) is 12.4. The fraction of sp³-hybridized carbons (Fsp3) is 0. The lowest BCUT2D eigenvalue weighted by Gasteiger charge is -2.06. The van der Waals surface area contributed by atoms with Gasteiger partial charge in [0.2, 0.25) is 0 Å². The van der Waals surface area contributed by atoms with E-state index in [1.165, 1.54) is 5.46 Å². The number of fused-ring (bicyclic) bond motifs is 1. The molecule has 3 aromatic rings. The summed E-state index contributed by atoms with van der Waals surface area (Å²) in [6.45, 7) is 0. The van der Waals surface area contributed by atoms with Gasteiger partial charge in [0.15, 0.2) is 0 Å². The van der Waals surface area contributed by atoms with Crippen LogP contribution in [-0.2, 0) is 0 Å². The lowest BCUT2D eigenvalue weighted by atomic mass is 9.94. The van der Waals surface area contributed by atoms with Crippen LogP contribution in [0.1, 0.15) is 10.4 Å². The fourth-order valence-corrected chi connectivity index (χ4v) is 2.23. The Morgan fingerprint density at radius 2 is 1.75 bits per heavy atom. The number of carboxylic acid groups (broad SMARTS) is 1. The highest BCUT2D eigenvalue weighted by Gasteiger charge is 2.09. The molecule has 3 nitrogen and oxygen atoms in total. The standard InChI is InChI=1S/C16H12BNO2/c17-11-6-4-10(5-7-11)14-9-8-12-13(16(19)20)2-1-3-15(12)18-14/h1-9H,17H2,(H,19,20). The van der Waals surface area contributed by atoms with Crippen molar-refractivity contribution in [2.45, 2.75) is 0 Å². The van der Waals surface area contributed by atoms with Gasteiger partial charge in [-0.3, -0.25) is 0 Å². The molecule has 0 fully saturated rings. The molecule has 0 saturated heterocycles. The Balaban J connectivity index is 2.16. The van der Waals surface area contributed by atoms with Gasteiger partial charge in [-0.2, -0.15) is 0 Å². The van der Waals surface area contributed by atoms with E-state index in [-0.39, 0.29) is 5.56 Å². The summed E-state index contributed by atoms with van der Waals surface area (Å²) >= 11 is 0. The van der Waals surface area contributed by atoms with E-state index in [0.717, 1.165) is 11.3 Å². The first-order chi connectivity index (χ1) is 9.65. The Hall–Kier alpha value is -2.62. The molecule has 0 atom stereocenters. The van der Waals surface area contributed by atoms with Gasteiger partial charge in [-0.1, -0.05) is 35.8 Å². The fourth-order valence-electron chi connectivity index (χ4n) is 2.23. The maximum atomic E-state index is 11.2. The van der Waals surface area contributed by atoms with Gasteiger partial charge in [0.1, 0.15) is 7.85 Å². The predicted molar refractivity (Wildman–Crippen MR) is 82.3 cm³/mol. The topological polar surface area (TPSA) is 50.2 Å². The number of carbonyl (C=O) groups is 1. The van der Waals surface area contributed by atoms with Crippen molar-refractivity contribution >= 4 is 30.2 Å². The largest absolute Gasteiger partial charge is 0.478 e. The molecule has 20 heavy (non-hydrogen) atoms. The molecule has 1 aromatic heterocycles. The molecule has 0 saturated carbocycles. The van der Waals surface area contributed by atoms with Crippen molar-refractivity contribution in [3.63, 3.8) is 0 Å². The van der Waals surface area contributed by atoms with Crippen molar-refractivity contribution in [2.24, 2.45) is 0 Å². The summed E-state index contributed by atoms with van der Waals surface area (Å²) in [6.07, 6.45) is 0. The highest BCUT2D eigenvalue weighted by atomic mass is 16.4. The molecule has 0 aliphatic heterocycles. The van der Waals surface area contributed by atoms with Crippen molar-refractivity contribution in [2.75, 3.05) is 0 Å². The molecule has 0 aliphatic carbocycles. The van der Waals surface area contributed by atoms with Crippen LogP contribution in [0.15, 0.2) is 54.6 Å².